The Morgan fingerprint density at radius 3 is 2.59 bits per heavy atom. The first-order chi connectivity index (χ1) is 13.0. The molecule has 0 aliphatic carbocycles. The van der Waals surface area contributed by atoms with Crippen molar-refractivity contribution in [2.24, 2.45) is 0 Å². The lowest BCUT2D eigenvalue weighted by atomic mass is 10.1. The van der Waals surface area contributed by atoms with Gasteiger partial charge in [0.2, 0.25) is 6.30 Å². The Balaban J connectivity index is 1.58. The molecule has 2 saturated heterocycles. The molecule has 2 fully saturated rings. The Labute approximate surface area is 153 Å². The third-order valence-electron chi connectivity index (χ3n) is 5.08. The molecule has 0 bridgehead atoms. The molecule has 2 aromatic rings. The smallest absolute Gasteiger partial charge is 0.316 e. The molecular formula is C18H16F3N5O. The summed E-state index contributed by atoms with van der Waals surface area (Å²) in [5, 5.41) is 11.2. The van der Waals surface area contributed by atoms with Gasteiger partial charge in [-0.15, -0.1) is 0 Å². The van der Waals surface area contributed by atoms with E-state index in [1.165, 1.54) is 16.0 Å². The van der Waals surface area contributed by atoms with E-state index >= 15 is 0 Å². The molecule has 6 nitrogen and oxygen atoms in total. The first-order valence-electron chi connectivity index (χ1n) is 8.49. The van der Waals surface area contributed by atoms with Crippen LogP contribution in [0.1, 0.15) is 0 Å². The highest BCUT2D eigenvalue weighted by molar-refractivity contribution is 6.04. The highest BCUT2D eigenvalue weighted by atomic mass is 19.3. The van der Waals surface area contributed by atoms with Gasteiger partial charge in [0.25, 0.3) is 6.43 Å². The van der Waals surface area contributed by atoms with Crippen molar-refractivity contribution in [3.63, 3.8) is 0 Å². The number of fused-ring (bicyclic) bond motifs is 1. The first-order valence-corrected chi connectivity index (χ1v) is 8.49. The number of urea groups is 1. The molecule has 0 radical (unpaired) electrons. The summed E-state index contributed by atoms with van der Waals surface area (Å²) in [4.78, 5) is 21.0. The quantitative estimate of drug-likeness (QED) is 0.771. The summed E-state index contributed by atoms with van der Waals surface area (Å²) in [5.74, 6) is 0. The largest absolute Gasteiger partial charge is 0.326 e. The summed E-state index contributed by atoms with van der Waals surface area (Å²) in [6, 6.07) is 8.01. The molecule has 2 aliphatic heterocycles. The number of likely N-dealkylation sites (tertiary alicyclic amines) is 1. The minimum atomic E-state index is -3.08. The molecule has 0 N–H and O–H groups in total. The molecule has 1 aromatic carbocycles. The second-order valence-electron chi connectivity index (χ2n) is 6.64. The Morgan fingerprint density at radius 2 is 1.89 bits per heavy atom. The van der Waals surface area contributed by atoms with Gasteiger partial charge in [0, 0.05) is 30.1 Å². The maximum absolute atomic E-state index is 13.4. The topological polar surface area (TPSA) is 63.5 Å². The molecule has 2 aliphatic rings. The third kappa shape index (κ3) is 2.86. The van der Waals surface area contributed by atoms with Crippen molar-refractivity contribution in [2.75, 3.05) is 24.5 Å². The van der Waals surface area contributed by atoms with Gasteiger partial charge in [-0.05, 0) is 0 Å². The maximum atomic E-state index is 13.4. The van der Waals surface area contributed by atoms with Gasteiger partial charge in [0.1, 0.15) is 6.04 Å². The van der Waals surface area contributed by atoms with Crippen LogP contribution in [0.25, 0.3) is 10.8 Å². The van der Waals surface area contributed by atoms with E-state index in [4.69, 9.17) is 0 Å². The zero-order valence-corrected chi connectivity index (χ0v) is 14.2. The van der Waals surface area contributed by atoms with Crippen LogP contribution in [0.5, 0.6) is 0 Å². The highest BCUT2D eigenvalue weighted by Crippen LogP contribution is 2.33. The van der Waals surface area contributed by atoms with Crippen LogP contribution in [0.2, 0.25) is 0 Å². The number of rotatable bonds is 4. The minimum Gasteiger partial charge on any atom is -0.316 e. The molecule has 9 heteroatoms. The SMILES string of the molecule is N#CC1CN(C2CN(C(F)C(F)F)C2)C(=O)N1c1cncc2ccccc12. The average molecular weight is 375 g/mol. The number of nitrogens with zero attached hydrogens (tertiary/aromatic N) is 5. The number of anilines is 1. The summed E-state index contributed by atoms with van der Waals surface area (Å²) in [6.07, 6.45) is -2.20. The van der Waals surface area contributed by atoms with Gasteiger partial charge in [-0.2, -0.15) is 5.26 Å². The van der Waals surface area contributed by atoms with Gasteiger partial charge in [-0.25, -0.2) is 18.0 Å². The lowest BCUT2D eigenvalue weighted by molar-refractivity contribution is -0.0974. The normalized spacial score (nSPS) is 22.3. The summed E-state index contributed by atoms with van der Waals surface area (Å²) in [7, 11) is 0. The standard InChI is InChI=1S/C18H16F3N5O/c19-16(20)17(21)24-8-13(9-24)25-10-12(5-22)26(18(25)27)15-7-23-6-11-3-1-2-4-14(11)15/h1-4,6-7,12-13,16-17H,8-10H2. The van der Waals surface area contributed by atoms with E-state index in [-0.39, 0.29) is 19.6 Å². The van der Waals surface area contributed by atoms with Crippen molar-refractivity contribution in [1.82, 2.24) is 14.8 Å². The number of benzene rings is 1. The van der Waals surface area contributed by atoms with Gasteiger partial charge in [0.15, 0.2) is 0 Å². The molecule has 0 spiro atoms. The van der Waals surface area contributed by atoms with Crippen LogP contribution >= 0.6 is 0 Å². The van der Waals surface area contributed by atoms with Crippen LogP contribution in [0.4, 0.5) is 23.7 Å². The van der Waals surface area contributed by atoms with E-state index in [9.17, 15) is 23.2 Å². The number of hydrogen-bond acceptors (Lipinski definition) is 4. The van der Waals surface area contributed by atoms with Crippen molar-refractivity contribution in [2.45, 2.75) is 24.8 Å². The fourth-order valence-corrected chi connectivity index (χ4v) is 3.63. The number of halogens is 3. The third-order valence-corrected chi connectivity index (χ3v) is 5.08. The molecular weight excluding hydrogens is 359 g/mol. The van der Waals surface area contributed by atoms with Crippen molar-refractivity contribution in [1.29, 1.82) is 5.26 Å². The fourth-order valence-electron chi connectivity index (χ4n) is 3.63. The molecule has 0 saturated carbocycles. The molecule has 1 aromatic heterocycles. The summed E-state index contributed by atoms with van der Waals surface area (Å²) < 4.78 is 38.3. The molecule has 2 amide bonds. The predicted octanol–water partition coefficient (Wildman–Crippen LogP) is 2.61. The zero-order chi connectivity index (χ0) is 19.1. The Hall–Kier alpha value is -2.86. The van der Waals surface area contributed by atoms with E-state index in [2.05, 4.69) is 11.1 Å². The van der Waals surface area contributed by atoms with Crippen molar-refractivity contribution in [3.05, 3.63) is 36.7 Å². The number of alkyl halides is 3. The van der Waals surface area contributed by atoms with Crippen LogP contribution in [-0.2, 0) is 0 Å². The van der Waals surface area contributed by atoms with Gasteiger partial charge in [-0.1, -0.05) is 24.3 Å². The summed E-state index contributed by atoms with van der Waals surface area (Å²) >= 11 is 0. The molecule has 4 rings (SSSR count). The first kappa shape index (κ1) is 17.5. The minimum absolute atomic E-state index is 0.0248. The highest BCUT2D eigenvalue weighted by Gasteiger charge is 2.48. The predicted molar refractivity (Wildman–Crippen MR) is 92.0 cm³/mol. The number of nitriles is 1. The number of hydrogen-bond donors (Lipinski definition) is 0. The zero-order valence-electron chi connectivity index (χ0n) is 14.2. The van der Waals surface area contributed by atoms with Crippen LogP contribution in [0, 0.1) is 11.3 Å². The van der Waals surface area contributed by atoms with Gasteiger partial charge >= 0.3 is 6.03 Å². The number of aromatic nitrogens is 1. The number of pyridine rings is 1. The fraction of sp³-hybridized carbons (Fsp3) is 0.389. The van der Waals surface area contributed by atoms with Gasteiger partial charge in [0.05, 0.1) is 30.5 Å². The van der Waals surface area contributed by atoms with Gasteiger partial charge < -0.3 is 4.90 Å². The van der Waals surface area contributed by atoms with Crippen molar-refractivity contribution >= 4 is 22.5 Å². The lowest BCUT2D eigenvalue weighted by Gasteiger charge is -2.44. The number of amides is 2. The van der Waals surface area contributed by atoms with Gasteiger partial charge in [-0.3, -0.25) is 14.8 Å². The number of carbonyl (C=O) groups excluding carboxylic acids is 1. The summed E-state index contributed by atoms with van der Waals surface area (Å²) in [5.41, 5.74) is 0.527. The Morgan fingerprint density at radius 1 is 1.15 bits per heavy atom. The second-order valence-corrected chi connectivity index (χ2v) is 6.64. The Bertz CT molecular complexity index is 906. The lowest BCUT2D eigenvalue weighted by Crippen LogP contribution is -2.63. The monoisotopic (exact) mass is 375 g/mol. The summed E-state index contributed by atoms with van der Waals surface area (Å²) in [6.45, 7) is 0.191. The van der Waals surface area contributed by atoms with E-state index in [1.807, 2.05) is 24.3 Å². The Kier molecular flexibility index (Phi) is 4.36. The van der Waals surface area contributed by atoms with Crippen molar-refractivity contribution < 1.29 is 18.0 Å². The van der Waals surface area contributed by atoms with Crippen LogP contribution in [0.15, 0.2) is 36.7 Å². The van der Waals surface area contributed by atoms with Crippen LogP contribution < -0.4 is 4.90 Å². The molecule has 2 unspecified atom stereocenters. The van der Waals surface area contributed by atoms with E-state index in [0.29, 0.717) is 5.69 Å². The van der Waals surface area contributed by atoms with Crippen LogP contribution in [0.3, 0.4) is 0 Å². The van der Waals surface area contributed by atoms with E-state index in [1.54, 1.807) is 6.20 Å². The van der Waals surface area contributed by atoms with Crippen LogP contribution in [-0.4, -0.2) is 65.3 Å². The molecule has 27 heavy (non-hydrogen) atoms. The second kappa shape index (κ2) is 6.70. The molecule has 3 heterocycles. The molecule has 140 valence electrons. The van der Waals surface area contributed by atoms with E-state index in [0.717, 1.165) is 15.7 Å². The van der Waals surface area contributed by atoms with E-state index < -0.39 is 30.8 Å². The average Bonchev–Trinajstić information content (AvgIpc) is 2.96. The molecule has 2 atom stereocenters. The number of carbonyl (C=O) groups is 1. The maximum Gasteiger partial charge on any atom is 0.326 e. The van der Waals surface area contributed by atoms with Crippen molar-refractivity contribution in [3.8, 4) is 6.07 Å².